The van der Waals surface area contributed by atoms with Crippen LogP contribution >= 0.6 is 0 Å². The molecule has 0 radical (unpaired) electrons. The van der Waals surface area contributed by atoms with Crippen LogP contribution in [-0.2, 0) is 6.54 Å². The van der Waals surface area contributed by atoms with Crippen LogP contribution in [0.5, 0.6) is 0 Å². The first kappa shape index (κ1) is 13.8. The van der Waals surface area contributed by atoms with Crippen molar-refractivity contribution in [3.8, 4) is 5.69 Å². The Labute approximate surface area is 124 Å². The maximum atomic E-state index is 4.28. The molecule has 2 aromatic carbocycles. The molecule has 0 aliphatic carbocycles. The molecule has 4 nitrogen and oxygen atoms in total. The molecule has 4 heteroatoms. The van der Waals surface area contributed by atoms with Gasteiger partial charge in [-0.1, -0.05) is 36.4 Å². The number of para-hydroxylation sites is 1. The minimum Gasteiger partial charge on any atom is -0.313 e. The molecule has 0 bridgehead atoms. The highest BCUT2D eigenvalue weighted by molar-refractivity contribution is 5.76. The smallest absolute Gasteiger partial charge is 0.113 e. The van der Waals surface area contributed by atoms with E-state index in [0.717, 1.165) is 36.2 Å². The molecular formula is C17H20N4. The second-order valence-corrected chi connectivity index (χ2v) is 5.29. The molecular weight excluding hydrogens is 260 g/mol. The second-order valence-electron chi connectivity index (χ2n) is 5.29. The van der Waals surface area contributed by atoms with Gasteiger partial charge in [0.05, 0.1) is 11.2 Å². The summed E-state index contributed by atoms with van der Waals surface area (Å²) in [6, 6.07) is 14.5. The number of nitrogens with one attached hydrogen (secondary N) is 1. The number of rotatable bonds is 5. The highest BCUT2D eigenvalue weighted by Gasteiger charge is 2.08. The van der Waals surface area contributed by atoms with Crippen molar-refractivity contribution in [2.75, 3.05) is 6.54 Å². The van der Waals surface area contributed by atoms with Crippen LogP contribution in [0.25, 0.3) is 16.7 Å². The molecule has 21 heavy (non-hydrogen) atoms. The number of hydrogen-bond donors (Lipinski definition) is 1. The van der Waals surface area contributed by atoms with Gasteiger partial charge < -0.3 is 5.32 Å². The Morgan fingerprint density at radius 2 is 2.00 bits per heavy atom. The van der Waals surface area contributed by atoms with E-state index in [-0.39, 0.29) is 0 Å². The molecule has 0 aliphatic rings. The van der Waals surface area contributed by atoms with Gasteiger partial charge in [-0.2, -0.15) is 0 Å². The Bertz CT molecular complexity index is 745. The van der Waals surface area contributed by atoms with Gasteiger partial charge in [-0.05, 0) is 49.2 Å². The van der Waals surface area contributed by atoms with Gasteiger partial charge in [0, 0.05) is 6.54 Å². The van der Waals surface area contributed by atoms with E-state index in [4.69, 9.17) is 0 Å². The molecule has 3 aromatic rings. The molecule has 0 aliphatic heterocycles. The van der Waals surface area contributed by atoms with Gasteiger partial charge in [0.25, 0.3) is 0 Å². The summed E-state index contributed by atoms with van der Waals surface area (Å²) in [4.78, 5) is 0. The Morgan fingerprint density at radius 3 is 2.81 bits per heavy atom. The Kier molecular flexibility index (Phi) is 3.97. The largest absolute Gasteiger partial charge is 0.313 e. The third kappa shape index (κ3) is 2.81. The van der Waals surface area contributed by atoms with E-state index in [1.165, 1.54) is 11.1 Å². The highest BCUT2D eigenvalue weighted by Crippen LogP contribution is 2.20. The summed E-state index contributed by atoms with van der Waals surface area (Å²) < 4.78 is 1.91. The SMILES string of the molecule is CCCNCc1ccc(-n2nnc3ccccc32)c(C)c1. The van der Waals surface area contributed by atoms with E-state index in [9.17, 15) is 0 Å². The monoisotopic (exact) mass is 280 g/mol. The van der Waals surface area contributed by atoms with Gasteiger partial charge in [0.2, 0.25) is 0 Å². The van der Waals surface area contributed by atoms with Crippen molar-refractivity contribution < 1.29 is 0 Å². The maximum Gasteiger partial charge on any atom is 0.113 e. The standard InChI is InChI=1S/C17H20N4/c1-3-10-18-12-14-8-9-16(13(2)11-14)21-17-7-5-4-6-15(17)19-20-21/h4-9,11,18H,3,10,12H2,1-2H3. The Morgan fingerprint density at radius 1 is 1.14 bits per heavy atom. The van der Waals surface area contributed by atoms with Crippen molar-refractivity contribution in [3.05, 3.63) is 53.6 Å². The summed E-state index contributed by atoms with van der Waals surface area (Å²) in [7, 11) is 0. The van der Waals surface area contributed by atoms with Gasteiger partial charge in [-0.25, -0.2) is 4.68 Å². The number of nitrogens with zero attached hydrogens (tertiary/aromatic N) is 3. The molecule has 0 unspecified atom stereocenters. The van der Waals surface area contributed by atoms with E-state index in [1.807, 2.05) is 28.9 Å². The predicted octanol–water partition coefficient (Wildman–Crippen LogP) is 3.23. The van der Waals surface area contributed by atoms with Crippen LogP contribution in [0, 0.1) is 6.92 Å². The van der Waals surface area contributed by atoms with E-state index in [0.29, 0.717) is 0 Å². The van der Waals surface area contributed by atoms with Gasteiger partial charge in [-0.15, -0.1) is 5.10 Å². The number of hydrogen-bond acceptors (Lipinski definition) is 3. The number of aromatic nitrogens is 3. The quantitative estimate of drug-likeness (QED) is 0.730. The Balaban J connectivity index is 1.92. The van der Waals surface area contributed by atoms with Gasteiger partial charge >= 0.3 is 0 Å². The number of aryl methyl sites for hydroxylation is 1. The zero-order chi connectivity index (χ0) is 14.7. The predicted molar refractivity (Wildman–Crippen MR) is 85.6 cm³/mol. The maximum absolute atomic E-state index is 4.28. The summed E-state index contributed by atoms with van der Waals surface area (Å²) in [5.41, 5.74) is 5.56. The molecule has 0 saturated carbocycles. The molecule has 1 aromatic heterocycles. The third-order valence-electron chi connectivity index (χ3n) is 3.60. The van der Waals surface area contributed by atoms with Crippen LogP contribution in [-0.4, -0.2) is 21.5 Å². The lowest BCUT2D eigenvalue weighted by molar-refractivity contribution is 0.675. The van der Waals surface area contributed by atoms with Crippen molar-refractivity contribution in [1.29, 1.82) is 0 Å². The van der Waals surface area contributed by atoms with E-state index in [2.05, 4.69) is 47.7 Å². The van der Waals surface area contributed by atoms with Crippen molar-refractivity contribution >= 4 is 11.0 Å². The molecule has 0 spiro atoms. The first-order valence-electron chi connectivity index (χ1n) is 7.40. The first-order valence-corrected chi connectivity index (χ1v) is 7.40. The lowest BCUT2D eigenvalue weighted by atomic mass is 10.1. The summed E-state index contributed by atoms with van der Waals surface area (Å²) >= 11 is 0. The van der Waals surface area contributed by atoms with Crippen LogP contribution in [0.3, 0.4) is 0 Å². The average Bonchev–Trinajstić information content (AvgIpc) is 2.92. The van der Waals surface area contributed by atoms with Crippen molar-refractivity contribution in [2.45, 2.75) is 26.8 Å². The number of fused-ring (bicyclic) bond motifs is 1. The van der Waals surface area contributed by atoms with Gasteiger partial charge in [0.15, 0.2) is 0 Å². The van der Waals surface area contributed by atoms with Gasteiger partial charge in [-0.3, -0.25) is 0 Å². The molecule has 0 atom stereocenters. The van der Waals surface area contributed by atoms with Crippen molar-refractivity contribution in [3.63, 3.8) is 0 Å². The lowest BCUT2D eigenvalue weighted by Gasteiger charge is -2.09. The summed E-state index contributed by atoms with van der Waals surface area (Å²) in [5.74, 6) is 0. The lowest BCUT2D eigenvalue weighted by Crippen LogP contribution is -2.14. The zero-order valence-electron chi connectivity index (χ0n) is 12.5. The fraction of sp³-hybridized carbons (Fsp3) is 0.294. The molecule has 0 amide bonds. The molecule has 0 fully saturated rings. The molecule has 108 valence electrons. The first-order chi connectivity index (χ1) is 10.3. The molecule has 1 N–H and O–H groups in total. The van der Waals surface area contributed by atoms with E-state index in [1.54, 1.807) is 0 Å². The van der Waals surface area contributed by atoms with Crippen LogP contribution < -0.4 is 5.32 Å². The topological polar surface area (TPSA) is 42.7 Å². The molecule has 0 saturated heterocycles. The Hall–Kier alpha value is -2.20. The van der Waals surface area contributed by atoms with E-state index >= 15 is 0 Å². The highest BCUT2D eigenvalue weighted by atomic mass is 15.4. The van der Waals surface area contributed by atoms with Crippen molar-refractivity contribution in [2.24, 2.45) is 0 Å². The average molecular weight is 280 g/mol. The van der Waals surface area contributed by atoms with Crippen LogP contribution in [0.4, 0.5) is 0 Å². The fourth-order valence-electron chi connectivity index (χ4n) is 2.52. The van der Waals surface area contributed by atoms with E-state index < -0.39 is 0 Å². The van der Waals surface area contributed by atoms with Crippen LogP contribution in [0.2, 0.25) is 0 Å². The van der Waals surface area contributed by atoms with Crippen molar-refractivity contribution in [1.82, 2.24) is 20.3 Å². The second kappa shape index (κ2) is 6.06. The van der Waals surface area contributed by atoms with Gasteiger partial charge in [0.1, 0.15) is 5.52 Å². The summed E-state index contributed by atoms with van der Waals surface area (Å²) in [6.45, 7) is 6.26. The molecule has 1 heterocycles. The third-order valence-corrected chi connectivity index (χ3v) is 3.60. The van der Waals surface area contributed by atoms with Crippen LogP contribution in [0.1, 0.15) is 24.5 Å². The normalized spacial score (nSPS) is 11.1. The number of benzene rings is 2. The minimum absolute atomic E-state index is 0.910. The summed E-state index contributed by atoms with van der Waals surface area (Å²) in [5, 5.41) is 11.9. The molecule has 3 rings (SSSR count). The fourth-order valence-corrected chi connectivity index (χ4v) is 2.52. The van der Waals surface area contributed by atoms with Crippen LogP contribution in [0.15, 0.2) is 42.5 Å². The zero-order valence-corrected chi connectivity index (χ0v) is 12.5. The summed E-state index contributed by atoms with van der Waals surface area (Å²) in [6.07, 6.45) is 1.15. The minimum atomic E-state index is 0.910.